The second-order valence-corrected chi connectivity index (χ2v) is 4.93. The molecule has 0 fully saturated rings. The van der Waals surface area contributed by atoms with Crippen molar-refractivity contribution in [2.45, 2.75) is 19.3 Å². The molecular formula is C18H20O4. The van der Waals surface area contributed by atoms with Gasteiger partial charge in [0.15, 0.2) is 0 Å². The monoisotopic (exact) mass is 300 g/mol. The minimum atomic E-state index is -1.18. The summed E-state index contributed by atoms with van der Waals surface area (Å²) >= 11 is 0. The van der Waals surface area contributed by atoms with Gasteiger partial charge in [0.2, 0.25) is 0 Å². The van der Waals surface area contributed by atoms with Gasteiger partial charge in [-0.1, -0.05) is 54.6 Å². The summed E-state index contributed by atoms with van der Waals surface area (Å²) in [5.41, 5.74) is -0.467. The topological polar surface area (TPSA) is 52.6 Å². The molecule has 0 saturated heterocycles. The number of allylic oxidation sites excluding steroid dienone is 2. The van der Waals surface area contributed by atoms with Crippen molar-refractivity contribution >= 4 is 11.9 Å². The van der Waals surface area contributed by atoms with Crippen LogP contribution in [-0.4, -0.2) is 25.2 Å². The summed E-state index contributed by atoms with van der Waals surface area (Å²) in [4.78, 5) is 25.1. The van der Waals surface area contributed by atoms with Gasteiger partial charge in [-0.25, -0.2) is 0 Å². The average molecular weight is 300 g/mol. The lowest BCUT2D eigenvalue weighted by molar-refractivity contribution is -0.158. The van der Waals surface area contributed by atoms with Gasteiger partial charge in [0.05, 0.1) is 19.1 Å². The molecule has 0 saturated carbocycles. The molecule has 22 heavy (non-hydrogen) atoms. The van der Waals surface area contributed by atoms with Gasteiger partial charge in [-0.15, -0.1) is 0 Å². The Morgan fingerprint density at radius 2 is 1.73 bits per heavy atom. The number of ether oxygens (including phenoxy) is 2. The summed E-state index contributed by atoms with van der Waals surface area (Å²) in [5.74, 6) is -1.61. The third-order valence-electron chi connectivity index (χ3n) is 3.67. The van der Waals surface area contributed by atoms with E-state index >= 15 is 0 Å². The molecule has 0 bridgehead atoms. The number of hydrogen-bond donors (Lipinski definition) is 0. The van der Waals surface area contributed by atoms with Gasteiger partial charge in [0.1, 0.15) is 5.41 Å². The van der Waals surface area contributed by atoms with Crippen LogP contribution >= 0.6 is 0 Å². The maximum absolute atomic E-state index is 12.7. The molecule has 116 valence electrons. The molecule has 1 aromatic carbocycles. The first-order valence-electron chi connectivity index (χ1n) is 7.42. The molecule has 1 aromatic rings. The van der Waals surface area contributed by atoms with Crippen molar-refractivity contribution in [3.8, 4) is 0 Å². The normalized spacial score (nSPS) is 23.1. The summed E-state index contributed by atoms with van der Waals surface area (Å²) in [6, 6.07) is 9.19. The maximum Gasteiger partial charge on any atom is 0.321 e. The van der Waals surface area contributed by atoms with E-state index in [9.17, 15) is 9.59 Å². The van der Waals surface area contributed by atoms with Crippen LogP contribution in [0.25, 0.3) is 0 Å². The summed E-state index contributed by atoms with van der Waals surface area (Å²) in [6.07, 6.45) is 6.94. The number of benzene rings is 1. The van der Waals surface area contributed by atoms with E-state index < -0.39 is 23.3 Å². The van der Waals surface area contributed by atoms with E-state index in [1.807, 2.05) is 30.3 Å². The van der Waals surface area contributed by atoms with Crippen LogP contribution in [-0.2, 0) is 24.5 Å². The predicted molar refractivity (Wildman–Crippen MR) is 83.2 cm³/mol. The minimum Gasteiger partial charge on any atom is -0.465 e. The van der Waals surface area contributed by atoms with Crippen molar-refractivity contribution in [1.82, 2.24) is 0 Å². The molecule has 2 atom stereocenters. The van der Waals surface area contributed by atoms with E-state index in [1.165, 1.54) is 0 Å². The zero-order chi connectivity index (χ0) is 16.0. The summed E-state index contributed by atoms with van der Waals surface area (Å²) in [5, 5.41) is 0. The van der Waals surface area contributed by atoms with Crippen LogP contribution in [0.2, 0.25) is 0 Å². The number of hydrogen-bond acceptors (Lipinski definition) is 4. The third-order valence-corrected chi connectivity index (χ3v) is 3.67. The highest BCUT2D eigenvalue weighted by atomic mass is 16.5. The molecule has 0 spiro atoms. The van der Waals surface area contributed by atoms with Crippen LogP contribution in [0.15, 0.2) is 54.6 Å². The second-order valence-electron chi connectivity index (χ2n) is 4.93. The van der Waals surface area contributed by atoms with Gasteiger partial charge in [0, 0.05) is 0 Å². The Kier molecular flexibility index (Phi) is 5.15. The Morgan fingerprint density at radius 1 is 1.05 bits per heavy atom. The van der Waals surface area contributed by atoms with Crippen LogP contribution in [0.5, 0.6) is 0 Å². The Bertz CT molecular complexity index is 588. The standard InChI is InChI=1S/C18H20O4/c1-3-21-16(19)15-12-8-9-13-18(15,17(20)22-4-2)14-10-6-5-7-11-14/h5-13,15H,3-4H2,1-2H3. The van der Waals surface area contributed by atoms with Crippen LogP contribution in [0.1, 0.15) is 19.4 Å². The van der Waals surface area contributed by atoms with Crippen LogP contribution < -0.4 is 0 Å². The fourth-order valence-corrected chi connectivity index (χ4v) is 2.69. The zero-order valence-electron chi connectivity index (χ0n) is 12.8. The molecule has 2 unspecified atom stereocenters. The second kappa shape index (κ2) is 7.07. The number of carbonyl (C=O) groups is 2. The Labute approximate surface area is 130 Å². The van der Waals surface area contributed by atoms with E-state index in [2.05, 4.69) is 0 Å². The van der Waals surface area contributed by atoms with Gasteiger partial charge in [-0.3, -0.25) is 9.59 Å². The highest BCUT2D eigenvalue weighted by Crippen LogP contribution is 2.39. The molecule has 0 radical (unpaired) electrons. The summed E-state index contributed by atoms with van der Waals surface area (Å²) in [6.45, 7) is 4.01. The quantitative estimate of drug-likeness (QED) is 0.785. The van der Waals surface area contributed by atoms with Gasteiger partial charge >= 0.3 is 11.9 Å². The maximum atomic E-state index is 12.7. The zero-order valence-corrected chi connectivity index (χ0v) is 12.8. The Balaban J connectivity index is 2.55. The molecule has 0 aliphatic heterocycles. The lowest BCUT2D eigenvalue weighted by Crippen LogP contribution is -2.46. The van der Waals surface area contributed by atoms with E-state index in [1.54, 1.807) is 38.2 Å². The van der Waals surface area contributed by atoms with Crippen molar-refractivity contribution in [1.29, 1.82) is 0 Å². The number of carbonyl (C=O) groups excluding carboxylic acids is 2. The lowest BCUT2D eigenvalue weighted by atomic mass is 9.68. The Morgan fingerprint density at radius 3 is 2.36 bits per heavy atom. The SMILES string of the molecule is CCOC(=O)C1C=CC=CC1(C(=O)OCC)c1ccccc1. The lowest BCUT2D eigenvalue weighted by Gasteiger charge is -2.35. The van der Waals surface area contributed by atoms with E-state index in [4.69, 9.17) is 9.47 Å². The highest BCUT2D eigenvalue weighted by Gasteiger charge is 2.50. The molecular weight excluding hydrogens is 280 g/mol. The van der Waals surface area contributed by atoms with Crippen LogP contribution in [0, 0.1) is 5.92 Å². The van der Waals surface area contributed by atoms with Crippen LogP contribution in [0.4, 0.5) is 0 Å². The predicted octanol–water partition coefficient (Wildman–Crippen LogP) is 2.79. The molecule has 2 rings (SSSR count). The molecule has 0 amide bonds. The van der Waals surface area contributed by atoms with Gasteiger partial charge < -0.3 is 9.47 Å². The van der Waals surface area contributed by atoms with Gasteiger partial charge in [-0.2, -0.15) is 0 Å². The summed E-state index contributed by atoms with van der Waals surface area (Å²) < 4.78 is 10.4. The van der Waals surface area contributed by atoms with E-state index in [-0.39, 0.29) is 13.2 Å². The largest absolute Gasteiger partial charge is 0.465 e. The number of esters is 2. The van der Waals surface area contributed by atoms with Gasteiger partial charge in [-0.05, 0) is 19.4 Å². The average Bonchev–Trinajstić information content (AvgIpc) is 2.56. The molecule has 0 heterocycles. The first-order valence-corrected chi connectivity index (χ1v) is 7.42. The van der Waals surface area contributed by atoms with Crippen molar-refractivity contribution in [3.05, 3.63) is 60.2 Å². The van der Waals surface area contributed by atoms with Crippen molar-refractivity contribution < 1.29 is 19.1 Å². The highest BCUT2D eigenvalue weighted by molar-refractivity contribution is 5.94. The third kappa shape index (κ3) is 2.82. The molecule has 1 aliphatic rings. The van der Waals surface area contributed by atoms with Crippen LogP contribution in [0.3, 0.4) is 0 Å². The smallest absolute Gasteiger partial charge is 0.321 e. The van der Waals surface area contributed by atoms with Crippen molar-refractivity contribution in [3.63, 3.8) is 0 Å². The molecule has 4 nitrogen and oxygen atoms in total. The number of rotatable bonds is 5. The first-order chi connectivity index (χ1) is 10.7. The minimum absolute atomic E-state index is 0.251. The van der Waals surface area contributed by atoms with Crippen molar-refractivity contribution in [2.24, 2.45) is 5.92 Å². The van der Waals surface area contributed by atoms with E-state index in [0.717, 1.165) is 0 Å². The molecule has 4 heteroatoms. The fraction of sp³-hybridized carbons (Fsp3) is 0.333. The van der Waals surface area contributed by atoms with Crippen molar-refractivity contribution in [2.75, 3.05) is 13.2 Å². The van der Waals surface area contributed by atoms with E-state index in [0.29, 0.717) is 5.56 Å². The Hall–Kier alpha value is -2.36. The first kappa shape index (κ1) is 16.0. The fourth-order valence-electron chi connectivity index (χ4n) is 2.69. The molecule has 0 N–H and O–H groups in total. The van der Waals surface area contributed by atoms with Gasteiger partial charge in [0.25, 0.3) is 0 Å². The molecule has 0 aromatic heterocycles. The molecule has 1 aliphatic carbocycles. The summed E-state index contributed by atoms with van der Waals surface area (Å²) in [7, 11) is 0.